The van der Waals surface area contributed by atoms with E-state index in [0.717, 1.165) is 35.3 Å². The van der Waals surface area contributed by atoms with Crippen LogP contribution in [-0.2, 0) is 19.0 Å². The van der Waals surface area contributed by atoms with Crippen LogP contribution in [0.5, 0.6) is 0 Å². The number of nitrogens with zero attached hydrogens (tertiary/aromatic N) is 5. The van der Waals surface area contributed by atoms with Gasteiger partial charge in [-0.15, -0.1) is 10.2 Å². The lowest BCUT2D eigenvalue weighted by Gasteiger charge is -2.46. The number of amides is 1. The second-order valence-electron chi connectivity index (χ2n) is 11.1. The van der Waals surface area contributed by atoms with Gasteiger partial charge in [-0.2, -0.15) is 5.26 Å². The van der Waals surface area contributed by atoms with Gasteiger partial charge in [0.15, 0.2) is 0 Å². The Morgan fingerprint density at radius 3 is 2.83 bits per heavy atom. The van der Waals surface area contributed by atoms with Gasteiger partial charge in [-0.05, 0) is 60.6 Å². The molecule has 2 fully saturated rings. The molecule has 0 aliphatic heterocycles. The van der Waals surface area contributed by atoms with Gasteiger partial charge >= 0.3 is 0 Å². The third-order valence-electron chi connectivity index (χ3n) is 8.28. The molecule has 40 heavy (non-hydrogen) atoms. The Hall–Kier alpha value is -4.17. The van der Waals surface area contributed by atoms with E-state index in [1.807, 2.05) is 35.9 Å². The van der Waals surface area contributed by atoms with Crippen LogP contribution in [0.2, 0.25) is 0 Å². The molecule has 2 aliphatic carbocycles. The van der Waals surface area contributed by atoms with Gasteiger partial charge in [0, 0.05) is 50.8 Å². The van der Waals surface area contributed by atoms with Crippen LogP contribution >= 0.6 is 0 Å². The normalized spacial score (nSPS) is 23.6. The van der Waals surface area contributed by atoms with E-state index in [0.29, 0.717) is 30.6 Å². The summed E-state index contributed by atoms with van der Waals surface area (Å²) in [7, 11) is 1.91. The van der Waals surface area contributed by atoms with Crippen molar-refractivity contribution in [3.05, 3.63) is 71.6 Å². The summed E-state index contributed by atoms with van der Waals surface area (Å²) in [4.78, 5) is 21.1. The number of hydrogen-bond acceptors (Lipinski definition) is 6. The fourth-order valence-electron chi connectivity index (χ4n) is 6.30. The molecule has 3 heterocycles. The highest BCUT2D eigenvalue weighted by Gasteiger charge is 2.49. The lowest BCUT2D eigenvalue weighted by Crippen LogP contribution is -2.44. The van der Waals surface area contributed by atoms with Crippen molar-refractivity contribution in [1.29, 1.82) is 5.26 Å². The van der Waals surface area contributed by atoms with Gasteiger partial charge in [0.2, 0.25) is 5.92 Å². The zero-order chi connectivity index (χ0) is 27.9. The van der Waals surface area contributed by atoms with Crippen LogP contribution in [0, 0.1) is 17.2 Å². The third kappa shape index (κ3) is 4.84. The standard InChI is InChI=1S/C29H30F2N8O/c1-39-17-35-38-27(39)28(13-18(14-28)6-9-32)20-3-2-4-21(12-20)36-26(40)24-11-19(25-23(37-24)7-10-33-25)16-34-22-5-8-29(30,31)15-22/h2-4,7,10-12,17-18,22,33-34H,5-6,8,13-16H2,1H3,(H,36,40)/t18?,22-,28?/m0/s1. The number of alkyl halides is 2. The number of aromatic amines is 1. The number of aromatic nitrogens is 5. The van der Waals surface area contributed by atoms with Crippen LogP contribution in [0.15, 0.2) is 48.9 Å². The Morgan fingerprint density at radius 2 is 2.10 bits per heavy atom. The number of benzene rings is 1. The fraction of sp³-hybridized carbons (Fsp3) is 0.414. The van der Waals surface area contributed by atoms with Gasteiger partial charge in [0.1, 0.15) is 17.8 Å². The molecule has 1 amide bonds. The zero-order valence-corrected chi connectivity index (χ0v) is 22.1. The molecule has 1 atom stereocenters. The van der Waals surface area contributed by atoms with Crippen molar-refractivity contribution in [2.45, 2.75) is 62.4 Å². The molecule has 1 aromatic carbocycles. The molecular weight excluding hydrogens is 514 g/mol. The van der Waals surface area contributed by atoms with Crippen LogP contribution < -0.4 is 10.6 Å². The molecule has 9 nitrogen and oxygen atoms in total. The van der Waals surface area contributed by atoms with Crippen LogP contribution in [0.25, 0.3) is 11.0 Å². The number of pyridine rings is 1. The number of H-pyrrole nitrogens is 1. The Labute approximate surface area is 230 Å². The zero-order valence-electron chi connectivity index (χ0n) is 22.1. The van der Waals surface area contributed by atoms with E-state index in [2.05, 4.69) is 36.9 Å². The molecule has 3 aromatic heterocycles. The first-order chi connectivity index (χ1) is 19.3. The Morgan fingerprint density at radius 1 is 1.25 bits per heavy atom. The smallest absolute Gasteiger partial charge is 0.274 e. The Bertz CT molecular complexity index is 1600. The summed E-state index contributed by atoms with van der Waals surface area (Å²) in [6.45, 7) is 0.347. The summed E-state index contributed by atoms with van der Waals surface area (Å²) in [6.07, 6.45) is 5.60. The summed E-state index contributed by atoms with van der Waals surface area (Å²) >= 11 is 0. The second kappa shape index (κ2) is 10.1. The van der Waals surface area contributed by atoms with Gasteiger partial charge in [-0.3, -0.25) is 4.79 Å². The summed E-state index contributed by atoms with van der Waals surface area (Å²) in [6, 6.07) is 13.2. The van der Waals surface area contributed by atoms with Crippen molar-refractivity contribution in [2.75, 3.05) is 5.32 Å². The minimum absolute atomic E-state index is 0.109. The van der Waals surface area contributed by atoms with Crippen molar-refractivity contribution in [3.63, 3.8) is 0 Å². The molecule has 206 valence electrons. The van der Waals surface area contributed by atoms with Crippen LogP contribution in [0.4, 0.5) is 14.5 Å². The number of halogens is 2. The largest absolute Gasteiger partial charge is 0.360 e. The lowest BCUT2D eigenvalue weighted by atomic mass is 9.57. The van der Waals surface area contributed by atoms with Gasteiger partial charge in [0.05, 0.1) is 22.5 Å². The average molecular weight is 545 g/mol. The molecule has 6 rings (SSSR count). The SMILES string of the molecule is Cn1cnnc1C1(c2cccc(NC(=O)c3cc(CN[C@H]4CCC(F)(F)C4)c4[nH]ccc4n3)c2)CC(CC#N)C1. The highest BCUT2D eigenvalue weighted by molar-refractivity contribution is 6.04. The predicted molar refractivity (Wildman–Crippen MR) is 145 cm³/mol. The number of nitrogens with one attached hydrogen (secondary N) is 3. The van der Waals surface area contributed by atoms with Gasteiger partial charge < -0.3 is 20.2 Å². The molecule has 0 unspecified atom stereocenters. The third-order valence-corrected chi connectivity index (χ3v) is 8.28. The van der Waals surface area contributed by atoms with Crippen molar-refractivity contribution in [3.8, 4) is 6.07 Å². The molecule has 0 spiro atoms. The maximum atomic E-state index is 13.7. The van der Waals surface area contributed by atoms with E-state index < -0.39 is 5.92 Å². The van der Waals surface area contributed by atoms with Crippen LogP contribution in [0.1, 0.15) is 66.0 Å². The summed E-state index contributed by atoms with van der Waals surface area (Å²) in [5.41, 5.74) is 3.69. The minimum atomic E-state index is -2.63. The van der Waals surface area contributed by atoms with E-state index in [4.69, 9.17) is 0 Å². The van der Waals surface area contributed by atoms with Gasteiger partial charge in [-0.1, -0.05) is 12.1 Å². The van der Waals surface area contributed by atoms with Gasteiger partial charge in [-0.25, -0.2) is 13.8 Å². The number of fused-ring (bicyclic) bond motifs is 1. The van der Waals surface area contributed by atoms with E-state index >= 15 is 0 Å². The molecule has 0 bridgehead atoms. The van der Waals surface area contributed by atoms with Crippen LogP contribution in [-0.4, -0.2) is 42.6 Å². The number of anilines is 1. The molecule has 3 N–H and O–H groups in total. The number of aryl methyl sites for hydroxylation is 1. The van der Waals surface area contributed by atoms with E-state index in [1.165, 1.54) is 0 Å². The summed E-state index contributed by atoms with van der Waals surface area (Å²) < 4.78 is 29.2. The first-order valence-electron chi connectivity index (χ1n) is 13.5. The molecule has 2 saturated carbocycles. The Balaban J connectivity index is 1.23. The molecule has 4 aromatic rings. The number of rotatable bonds is 8. The Kier molecular flexibility index (Phi) is 6.58. The number of nitriles is 1. The van der Waals surface area contributed by atoms with Crippen molar-refractivity contribution in [1.82, 2.24) is 30.0 Å². The first-order valence-corrected chi connectivity index (χ1v) is 13.5. The topological polar surface area (TPSA) is 124 Å². The first kappa shape index (κ1) is 26.1. The number of hydrogen-bond donors (Lipinski definition) is 3. The second-order valence-corrected chi connectivity index (χ2v) is 11.1. The molecular formula is C29H30F2N8O. The van der Waals surface area contributed by atoms with Crippen LogP contribution in [0.3, 0.4) is 0 Å². The lowest BCUT2D eigenvalue weighted by molar-refractivity contribution is 0.00687. The molecule has 0 radical (unpaired) electrons. The quantitative estimate of drug-likeness (QED) is 0.292. The van der Waals surface area contributed by atoms with Crippen molar-refractivity contribution < 1.29 is 13.6 Å². The molecule has 11 heteroatoms. The van der Waals surface area contributed by atoms with Crippen molar-refractivity contribution in [2.24, 2.45) is 13.0 Å². The molecule has 2 aliphatic rings. The van der Waals surface area contributed by atoms with E-state index in [1.54, 1.807) is 24.7 Å². The molecule has 0 saturated heterocycles. The van der Waals surface area contributed by atoms with Crippen molar-refractivity contribution >= 4 is 22.6 Å². The summed E-state index contributed by atoms with van der Waals surface area (Å²) in [5, 5.41) is 23.9. The monoisotopic (exact) mass is 544 g/mol. The maximum absolute atomic E-state index is 13.7. The average Bonchev–Trinajstić information content (AvgIpc) is 3.64. The summed E-state index contributed by atoms with van der Waals surface area (Å²) in [5.74, 6) is -1.88. The number of carbonyl (C=O) groups is 1. The highest BCUT2D eigenvalue weighted by atomic mass is 19.3. The number of carbonyl (C=O) groups excluding carboxylic acids is 1. The van der Waals surface area contributed by atoms with E-state index in [9.17, 15) is 18.8 Å². The highest BCUT2D eigenvalue weighted by Crippen LogP contribution is 2.53. The minimum Gasteiger partial charge on any atom is -0.360 e. The maximum Gasteiger partial charge on any atom is 0.274 e. The van der Waals surface area contributed by atoms with Gasteiger partial charge in [0.25, 0.3) is 5.91 Å². The van der Waals surface area contributed by atoms with E-state index in [-0.39, 0.29) is 41.8 Å². The fourth-order valence-corrected chi connectivity index (χ4v) is 6.30. The predicted octanol–water partition coefficient (Wildman–Crippen LogP) is 4.83.